The van der Waals surface area contributed by atoms with Gasteiger partial charge in [-0.2, -0.15) is 0 Å². The molecule has 2 aromatic rings. The van der Waals surface area contributed by atoms with E-state index in [1.54, 1.807) is 17.8 Å². The van der Waals surface area contributed by atoms with Crippen LogP contribution in [0.25, 0.3) is 0 Å². The van der Waals surface area contributed by atoms with Gasteiger partial charge in [0, 0.05) is 15.8 Å². The highest BCUT2D eigenvalue weighted by atomic mass is 32.2. The third-order valence-corrected chi connectivity index (χ3v) is 4.41. The first kappa shape index (κ1) is 15.1. The van der Waals surface area contributed by atoms with Crippen molar-refractivity contribution in [3.8, 4) is 0 Å². The molecule has 1 nitrogen and oxygen atoms in total. The molecule has 0 radical (unpaired) electrons. The number of halogens is 1. The van der Waals surface area contributed by atoms with E-state index in [1.165, 1.54) is 22.1 Å². The van der Waals surface area contributed by atoms with Crippen molar-refractivity contribution in [3.63, 3.8) is 0 Å². The molecule has 1 unspecified atom stereocenters. The summed E-state index contributed by atoms with van der Waals surface area (Å²) >= 11 is 1.68. The van der Waals surface area contributed by atoms with Gasteiger partial charge < -0.3 is 5.73 Å². The third kappa shape index (κ3) is 3.84. The third-order valence-electron chi connectivity index (χ3n) is 3.11. The second kappa shape index (κ2) is 6.42. The number of hydrogen-bond acceptors (Lipinski definition) is 2. The average molecular weight is 289 g/mol. The van der Waals surface area contributed by atoms with Crippen molar-refractivity contribution in [3.05, 3.63) is 58.9 Å². The van der Waals surface area contributed by atoms with E-state index in [2.05, 4.69) is 32.0 Å². The smallest absolute Gasteiger partial charge is 0.123 e. The first-order valence-corrected chi connectivity index (χ1v) is 7.56. The van der Waals surface area contributed by atoms with Crippen LogP contribution in [0.2, 0.25) is 0 Å². The molecular formula is C17H20FNS. The molecule has 0 aliphatic rings. The summed E-state index contributed by atoms with van der Waals surface area (Å²) in [6, 6.07) is 11.4. The summed E-state index contributed by atoms with van der Waals surface area (Å²) in [4.78, 5) is 2.28. The van der Waals surface area contributed by atoms with Gasteiger partial charge in [0.25, 0.3) is 0 Å². The molecule has 0 aromatic heterocycles. The predicted octanol–water partition coefficient (Wildman–Crippen LogP) is 4.48. The van der Waals surface area contributed by atoms with E-state index < -0.39 is 0 Å². The van der Waals surface area contributed by atoms with Crippen LogP contribution in [-0.2, 0) is 6.42 Å². The van der Waals surface area contributed by atoms with Crippen LogP contribution < -0.4 is 5.73 Å². The van der Waals surface area contributed by atoms with Crippen molar-refractivity contribution in [2.45, 2.75) is 43.0 Å². The van der Waals surface area contributed by atoms with Crippen LogP contribution in [0.4, 0.5) is 4.39 Å². The minimum absolute atomic E-state index is 0.0234. The second-order valence-electron chi connectivity index (χ2n) is 5.30. The lowest BCUT2D eigenvalue weighted by Crippen LogP contribution is -2.18. The highest BCUT2D eigenvalue weighted by molar-refractivity contribution is 7.99. The molecule has 0 aliphatic heterocycles. The van der Waals surface area contributed by atoms with E-state index >= 15 is 0 Å². The Bertz CT molecular complexity index is 608. The zero-order chi connectivity index (χ0) is 14.7. The van der Waals surface area contributed by atoms with Crippen LogP contribution in [0.3, 0.4) is 0 Å². The van der Waals surface area contributed by atoms with Gasteiger partial charge in [-0.3, -0.25) is 0 Å². The largest absolute Gasteiger partial charge is 0.328 e. The SMILES string of the molecule is Cc1ccc(Sc2ccc(F)cc2CC(C)N)c(C)c1. The highest BCUT2D eigenvalue weighted by Gasteiger charge is 2.09. The highest BCUT2D eigenvalue weighted by Crippen LogP contribution is 2.33. The maximum atomic E-state index is 13.4. The topological polar surface area (TPSA) is 26.0 Å². The standard InChI is InChI=1S/C17H20FNS/c1-11-4-6-16(12(2)8-11)20-17-7-5-15(18)10-14(17)9-13(3)19/h4-8,10,13H,9,19H2,1-3H3. The Balaban J connectivity index is 2.32. The van der Waals surface area contributed by atoms with E-state index in [0.717, 1.165) is 10.5 Å². The van der Waals surface area contributed by atoms with Gasteiger partial charge in [0.1, 0.15) is 5.82 Å². The summed E-state index contributed by atoms with van der Waals surface area (Å²) in [6.07, 6.45) is 0.686. The van der Waals surface area contributed by atoms with Gasteiger partial charge in [0.05, 0.1) is 0 Å². The van der Waals surface area contributed by atoms with Crippen molar-refractivity contribution >= 4 is 11.8 Å². The molecule has 0 fully saturated rings. The Morgan fingerprint density at radius 2 is 1.80 bits per heavy atom. The van der Waals surface area contributed by atoms with Crippen LogP contribution in [-0.4, -0.2) is 6.04 Å². The van der Waals surface area contributed by atoms with Crippen molar-refractivity contribution in [2.24, 2.45) is 5.73 Å². The molecule has 0 heterocycles. The lowest BCUT2D eigenvalue weighted by atomic mass is 10.1. The molecule has 3 heteroatoms. The minimum atomic E-state index is -0.203. The molecule has 1 atom stereocenters. The number of nitrogens with two attached hydrogens (primary N) is 1. The second-order valence-corrected chi connectivity index (χ2v) is 6.39. The minimum Gasteiger partial charge on any atom is -0.328 e. The van der Waals surface area contributed by atoms with E-state index in [4.69, 9.17) is 5.73 Å². The molecule has 106 valence electrons. The maximum absolute atomic E-state index is 13.4. The van der Waals surface area contributed by atoms with Gasteiger partial charge in [0.2, 0.25) is 0 Å². The predicted molar refractivity (Wildman–Crippen MR) is 83.8 cm³/mol. The van der Waals surface area contributed by atoms with Crippen LogP contribution >= 0.6 is 11.8 Å². The Kier molecular flexibility index (Phi) is 4.84. The first-order valence-electron chi connectivity index (χ1n) is 6.75. The van der Waals surface area contributed by atoms with Crippen LogP contribution in [0.5, 0.6) is 0 Å². The summed E-state index contributed by atoms with van der Waals surface area (Å²) in [7, 11) is 0. The van der Waals surface area contributed by atoms with Gasteiger partial charge in [-0.15, -0.1) is 0 Å². The monoisotopic (exact) mass is 289 g/mol. The lowest BCUT2D eigenvalue weighted by molar-refractivity contribution is 0.620. The molecule has 0 saturated carbocycles. The van der Waals surface area contributed by atoms with Crippen molar-refractivity contribution in [1.82, 2.24) is 0 Å². The van der Waals surface area contributed by atoms with Crippen LogP contribution in [0, 0.1) is 19.7 Å². The van der Waals surface area contributed by atoms with Gasteiger partial charge in [0.15, 0.2) is 0 Å². The van der Waals surface area contributed by atoms with Crippen LogP contribution in [0.1, 0.15) is 23.6 Å². The molecule has 0 spiro atoms. The summed E-state index contributed by atoms with van der Waals surface area (Å²) in [5.74, 6) is -0.203. The number of benzene rings is 2. The molecule has 2 aromatic carbocycles. The normalized spacial score (nSPS) is 12.4. The van der Waals surface area contributed by atoms with Crippen LogP contribution in [0.15, 0.2) is 46.2 Å². The number of hydrogen-bond donors (Lipinski definition) is 1. The van der Waals surface area contributed by atoms with Gasteiger partial charge in [-0.25, -0.2) is 4.39 Å². The fourth-order valence-corrected chi connectivity index (χ4v) is 3.19. The quantitative estimate of drug-likeness (QED) is 0.898. The lowest BCUT2D eigenvalue weighted by Gasteiger charge is -2.13. The Morgan fingerprint density at radius 3 is 2.45 bits per heavy atom. The average Bonchev–Trinajstić information content (AvgIpc) is 2.34. The Hall–Kier alpha value is -1.32. The van der Waals surface area contributed by atoms with E-state index in [0.29, 0.717) is 6.42 Å². The zero-order valence-corrected chi connectivity index (χ0v) is 12.9. The van der Waals surface area contributed by atoms with Crippen molar-refractivity contribution < 1.29 is 4.39 Å². The summed E-state index contributed by atoms with van der Waals surface area (Å²) in [6.45, 7) is 6.13. The Morgan fingerprint density at radius 1 is 1.10 bits per heavy atom. The first-order chi connectivity index (χ1) is 9.45. The van der Waals surface area contributed by atoms with E-state index in [9.17, 15) is 4.39 Å². The van der Waals surface area contributed by atoms with Gasteiger partial charge in [-0.05, 0) is 62.6 Å². The maximum Gasteiger partial charge on any atom is 0.123 e. The zero-order valence-electron chi connectivity index (χ0n) is 12.1. The summed E-state index contributed by atoms with van der Waals surface area (Å²) in [5, 5.41) is 0. The fourth-order valence-electron chi connectivity index (χ4n) is 2.19. The molecule has 2 N–H and O–H groups in total. The molecule has 0 saturated heterocycles. The van der Waals surface area contributed by atoms with E-state index in [-0.39, 0.29) is 11.9 Å². The van der Waals surface area contributed by atoms with E-state index in [1.807, 2.05) is 13.0 Å². The van der Waals surface area contributed by atoms with Gasteiger partial charge in [-0.1, -0.05) is 29.5 Å². The number of aryl methyl sites for hydroxylation is 2. The summed E-state index contributed by atoms with van der Waals surface area (Å²) in [5.41, 5.74) is 9.33. The molecule has 0 aliphatic carbocycles. The molecule has 20 heavy (non-hydrogen) atoms. The molecule has 0 bridgehead atoms. The summed E-state index contributed by atoms with van der Waals surface area (Å²) < 4.78 is 13.4. The van der Waals surface area contributed by atoms with Crippen molar-refractivity contribution in [1.29, 1.82) is 0 Å². The number of rotatable bonds is 4. The van der Waals surface area contributed by atoms with Gasteiger partial charge >= 0.3 is 0 Å². The molecular weight excluding hydrogens is 269 g/mol. The molecule has 2 rings (SSSR count). The molecule has 0 amide bonds. The van der Waals surface area contributed by atoms with Crippen molar-refractivity contribution in [2.75, 3.05) is 0 Å². The Labute approximate surface area is 124 Å². The fraction of sp³-hybridized carbons (Fsp3) is 0.294.